The van der Waals surface area contributed by atoms with Crippen LogP contribution >= 0.6 is 11.6 Å². The number of methoxy groups -OCH3 is 2. The van der Waals surface area contributed by atoms with Gasteiger partial charge in [0.2, 0.25) is 0 Å². The van der Waals surface area contributed by atoms with Gasteiger partial charge in [-0.05, 0) is 32.3 Å². The van der Waals surface area contributed by atoms with Crippen molar-refractivity contribution in [2.75, 3.05) is 20.3 Å². The second-order valence-corrected chi connectivity index (χ2v) is 6.55. The number of rotatable bonds is 8. The lowest BCUT2D eigenvalue weighted by atomic mass is 9.94. The summed E-state index contributed by atoms with van der Waals surface area (Å²) >= 11 is 5.42. The topological polar surface area (TPSA) is 97.4 Å². The van der Waals surface area contributed by atoms with Gasteiger partial charge in [-0.2, -0.15) is 0 Å². The van der Waals surface area contributed by atoms with E-state index in [1.165, 1.54) is 14.2 Å². The molecule has 0 amide bonds. The molecule has 1 heterocycles. The van der Waals surface area contributed by atoms with E-state index in [0.29, 0.717) is 29.7 Å². The Labute approximate surface area is 187 Å². The van der Waals surface area contributed by atoms with E-state index in [9.17, 15) is 14.4 Å². The molecule has 0 radical (unpaired) electrons. The number of fused-ring (bicyclic) bond motifs is 1. The lowest BCUT2D eigenvalue weighted by molar-refractivity contribution is -0.140. The lowest BCUT2D eigenvalue weighted by Gasteiger charge is -2.18. The van der Waals surface area contributed by atoms with Crippen molar-refractivity contribution in [1.82, 2.24) is 0 Å². The van der Waals surface area contributed by atoms with Crippen LogP contribution in [0.4, 0.5) is 4.79 Å². The summed E-state index contributed by atoms with van der Waals surface area (Å²) in [6.07, 6.45) is 1.87. The van der Waals surface area contributed by atoms with E-state index in [4.69, 9.17) is 25.8 Å². The zero-order chi connectivity index (χ0) is 23.6. The molecule has 0 atom stereocenters. The number of hydrogen-bond acceptors (Lipinski definition) is 8. The zero-order valence-electron chi connectivity index (χ0n) is 18.8. The summed E-state index contributed by atoms with van der Waals surface area (Å²) in [7, 11) is 2.83. The van der Waals surface area contributed by atoms with Gasteiger partial charge in [-0.3, -0.25) is 4.79 Å². The fraction of sp³-hybridized carbons (Fsp3) is 0.500. The molecular formula is C22H29ClO8. The summed E-state index contributed by atoms with van der Waals surface area (Å²) in [5.74, 6) is -0.392. The van der Waals surface area contributed by atoms with Crippen molar-refractivity contribution in [3.8, 4) is 11.5 Å². The number of alkyl halides is 1. The highest BCUT2D eigenvalue weighted by molar-refractivity contribution is 6.17. The number of benzene rings is 1. The molecule has 1 aromatic rings. The standard InChI is InChI=1S/C20H23ClO8.C2H6/c1-11(6-8-15(22)25-3)5-7-13-17(26-4)12(2)14-9-27-19(23)16(14)18(13)29-20(24)28-10-21;1-2/h5H,6-10H2,1-4H3;1-2H3/b11-5+;. The van der Waals surface area contributed by atoms with Crippen molar-refractivity contribution < 1.29 is 38.1 Å². The molecule has 0 unspecified atom stereocenters. The Morgan fingerprint density at radius 3 is 2.42 bits per heavy atom. The molecule has 0 aromatic heterocycles. The fourth-order valence-electron chi connectivity index (χ4n) is 3.06. The highest BCUT2D eigenvalue weighted by Gasteiger charge is 2.34. The van der Waals surface area contributed by atoms with Crippen molar-refractivity contribution in [3.05, 3.63) is 33.9 Å². The van der Waals surface area contributed by atoms with Crippen LogP contribution in [0.1, 0.15) is 60.7 Å². The van der Waals surface area contributed by atoms with Crippen LogP contribution in [0, 0.1) is 6.92 Å². The molecule has 0 bridgehead atoms. The van der Waals surface area contributed by atoms with Crippen molar-refractivity contribution in [2.45, 2.75) is 53.6 Å². The van der Waals surface area contributed by atoms with Crippen molar-refractivity contribution in [1.29, 1.82) is 0 Å². The highest BCUT2D eigenvalue weighted by atomic mass is 35.5. The van der Waals surface area contributed by atoms with Gasteiger partial charge in [-0.1, -0.05) is 37.1 Å². The molecule has 8 nitrogen and oxygen atoms in total. The summed E-state index contributed by atoms with van der Waals surface area (Å²) in [5, 5.41) is 0. The SMILES string of the molecule is CC.COC(=O)CC/C(C)=C/Cc1c(OC)c(C)c2c(c1OC(=O)OCCl)C(=O)OC2. The van der Waals surface area contributed by atoms with Gasteiger partial charge in [0.25, 0.3) is 0 Å². The van der Waals surface area contributed by atoms with Crippen LogP contribution in [-0.2, 0) is 32.0 Å². The summed E-state index contributed by atoms with van der Waals surface area (Å²) in [4.78, 5) is 35.5. The quantitative estimate of drug-likeness (QED) is 0.180. The number of cyclic esters (lactones) is 1. The normalized spacial score (nSPS) is 12.2. The second-order valence-electron chi connectivity index (χ2n) is 6.33. The predicted molar refractivity (Wildman–Crippen MR) is 115 cm³/mol. The number of hydrogen-bond donors (Lipinski definition) is 0. The maximum Gasteiger partial charge on any atom is 0.515 e. The average Bonchev–Trinajstić information content (AvgIpc) is 3.16. The molecule has 9 heteroatoms. The first-order valence-electron chi connectivity index (χ1n) is 9.86. The van der Waals surface area contributed by atoms with E-state index in [-0.39, 0.29) is 30.3 Å². The Kier molecular flexibility index (Phi) is 10.9. The first-order valence-corrected chi connectivity index (χ1v) is 10.4. The molecule has 0 spiro atoms. The van der Waals surface area contributed by atoms with Crippen LogP contribution in [0.3, 0.4) is 0 Å². The summed E-state index contributed by atoms with van der Waals surface area (Å²) in [6, 6.07) is -0.393. The van der Waals surface area contributed by atoms with Gasteiger partial charge in [-0.25, -0.2) is 9.59 Å². The zero-order valence-corrected chi connectivity index (χ0v) is 19.5. The lowest BCUT2D eigenvalue weighted by Crippen LogP contribution is -2.15. The third kappa shape index (κ3) is 6.62. The minimum Gasteiger partial charge on any atom is -0.496 e. The number of esters is 2. The third-order valence-corrected chi connectivity index (χ3v) is 4.70. The van der Waals surface area contributed by atoms with Gasteiger partial charge in [-0.15, -0.1) is 0 Å². The number of ether oxygens (including phenoxy) is 5. The van der Waals surface area contributed by atoms with E-state index < -0.39 is 18.2 Å². The minimum absolute atomic E-state index is 0.0251. The molecule has 1 aromatic carbocycles. The molecular weight excluding hydrogens is 428 g/mol. The van der Waals surface area contributed by atoms with Crippen LogP contribution < -0.4 is 9.47 Å². The first-order chi connectivity index (χ1) is 14.8. The summed E-state index contributed by atoms with van der Waals surface area (Å²) in [5.41, 5.74) is 2.90. The van der Waals surface area contributed by atoms with Crippen molar-refractivity contribution >= 4 is 29.7 Å². The summed E-state index contributed by atoms with van der Waals surface area (Å²) in [6.45, 7) is 7.73. The molecule has 0 saturated heterocycles. The Hall–Kier alpha value is -2.74. The van der Waals surface area contributed by atoms with E-state index in [1.54, 1.807) is 6.92 Å². The average molecular weight is 457 g/mol. The first kappa shape index (κ1) is 26.3. The maximum absolute atomic E-state index is 12.3. The maximum atomic E-state index is 12.3. The molecule has 0 N–H and O–H groups in total. The Morgan fingerprint density at radius 1 is 1.16 bits per heavy atom. The number of carbonyl (C=O) groups excluding carboxylic acids is 3. The monoisotopic (exact) mass is 456 g/mol. The second kappa shape index (κ2) is 12.8. The molecule has 0 aliphatic carbocycles. The van der Waals surface area contributed by atoms with Gasteiger partial charge in [0.05, 0.1) is 14.2 Å². The molecule has 0 saturated carbocycles. The van der Waals surface area contributed by atoms with Gasteiger partial charge in [0.15, 0.2) is 11.8 Å². The van der Waals surface area contributed by atoms with E-state index in [1.807, 2.05) is 26.8 Å². The fourth-order valence-corrected chi connectivity index (χ4v) is 3.15. The summed E-state index contributed by atoms with van der Waals surface area (Å²) < 4.78 is 25.3. The van der Waals surface area contributed by atoms with Crippen LogP contribution in [0.5, 0.6) is 11.5 Å². The molecule has 0 fully saturated rings. The third-order valence-electron chi connectivity index (χ3n) is 4.59. The minimum atomic E-state index is -1.04. The Morgan fingerprint density at radius 2 is 1.84 bits per heavy atom. The molecule has 1 aliphatic heterocycles. The van der Waals surface area contributed by atoms with Crippen LogP contribution in [-0.4, -0.2) is 38.4 Å². The molecule has 31 heavy (non-hydrogen) atoms. The van der Waals surface area contributed by atoms with Crippen molar-refractivity contribution in [2.24, 2.45) is 0 Å². The number of halogens is 1. The van der Waals surface area contributed by atoms with E-state index in [2.05, 4.69) is 9.47 Å². The van der Waals surface area contributed by atoms with E-state index in [0.717, 1.165) is 11.1 Å². The van der Waals surface area contributed by atoms with E-state index >= 15 is 0 Å². The van der Waals surface area contributed by atoms with Gasteiger partial charge < -0.3 is 23.7 Å². The Bertz CT molecular complexity index is 845. The highest BCUT2D eigenvalue weighted by Crippen LogP contribution is 2.43. The van der Waals surface area contributed by atoms with Crippen molar-refractivity contribution in [3.63, 3.8) is 0 Å². The molecule has 2 rings (SSSR count). The Balaban J connectivity index is 0.00000233. The van der Waals surface area contributed by atoms with Gasteiger partial charge >= 0.3 is 18.1 Å². The predicted octanol–water partition coefficient (Wildman–Crippen LogP) is 4.85. The molecule has 1 aliphatic rings. The van der Waals surface area contributed by atoms with Crippen LogP contribution in [0.2, 0.25) is 0 Å². The van der Waals surface area contributed by atoms with Crippen LogP contribution in [0.15, 0.2) is 11.6 Å². The van der Waals surface area contributed by atoms with Gasteiger partial charge in [0.1, 0.15) is 17.9 Å². The van der Waals surface area contributed by atoms with Gasteiger partial charge in [0, 0.05) is 17.5 Å². The molecule has 172 valence electrons. The smallest absolute Gasteiger partial charge is 0.496 e. The van der Waals surface area contributed by atoms with Crippen LogP contribution in [0.25, 0.3) is 0 Å². The number of allylic oxidation sites excluding steroid dienone is 2. The number of carbonyl (C=O) groups is 3. The largest absolute Gasteiger partial charge is 0.515 e.